The summed E-state index contributed by atoms with van der Waals surface area (Å²) in [6.45, 7) is 4.04. The van der Waals surface area contributed by atoms with Gasteiger partial charge in [-0.1, -0.05) is 19.1 Å². The van der Waals surface area contributed by atoms with Gasteiger partial charge in [-0.25, -0.2) is 4.98 Å². The molecule has 0 saturated heterocycles. The number of benzene rings is 1. The number of thiazole rings is 1. The summed E-state index contributed by atoms with van der Waals surface area (Å²) in [5, 5.41) is 3.90. The van der Waals surface area contributed by atoms with Crippen LogP contribution in [0, 0.1) is 0 Å². The molecule has 1 aromatic heterocycles. The van der Waals surface area contributed by atoms with Crippen LogP contribution in [0.3, 0.4) is 0 Å². The number of carbonyl (C=O) groups excluding carboxylic acids is 1. The van der Waals surface area contributed by atoms with Gasteiger partial charge in [0.25, 0.3) is 5.91 Å². The molecule has 0 aliphatic heterocycles. The SMILES string of the molecule is CCc1cnc(C(C)NC(=O)c2ccc(CCl)cc2)s1. The Morgan fingerprint density at radius 3 is 2.65 bits per heavy atom. The Labute approximate surface area is 128 Å². The van der Waals surface area contributed by atoms with Gasteiger partial charge in [0.15, 0.2) is 0 Å². The third kappa shape index (κ3) is 3.58. The van der Waals surface area contributed by atoms with E-state index in [0.717, 1.165) is 17.0 Å². The average Bonchev–Trinajstić information content (AvgIpc) is 2.96. The second-order valence-corrected chi connectivity index (χ2v) is 5.96. The molecule has 1 heterocycles. The molecule has 1 aromatic carbocycles. The summed E-state index contributed by atoms with van der Waals surface area (Å²) in [4.78, 5) is 17.7. The predicted octanol–water partition coefficient (Wildman–Crippen LogP) is 3.94. The molecule has 2 aromatic rings. The number of nitrogens with one attached hydrogen (secondary N) is 1. The number of amides is 1. The van der Waals surface area contributed by atoms with E-state index in [9.17, 15) is 4.79 Å². The van der Waals surface area contributed by atoms with Crippen LogP contribution < -0.4 is 5.32 Å². The molecule has 5 heteroatoms. The summed E-state index contributed by atoms with van der Waals surface area (Å²) in [6.07, 6.45) is 2.84. The maximum atomic E-state index is 12.1. The van der Waals surface area contributed by atoms with E-state index in [1.807, 2.05) is 25.3 Å². The fourth-order valence-corrected chi connectivity index (χ4v) is 2.81. The van der Waals surface area contributed by atoms with Crippen molar-refractivity contribution in [2.75, 3.05) is 0 Å². The molecule has 0 aliphatic carbocycles. The summed E-state index contributed by atoms with van der Waals surface area (Å²) >= 11 is 7.37. The van der Waals surface area contributed by atoms with Crippen molar-refractivity contribution in [2.45, 2.75) is 32.2 Å². The highest BCUT2D eigenvalue weighted by Crippen LogP contribution is 2.20. The zero-order valence-corrected chi connectivity index (χ0v) is 13.1. The summed E-state index contributed by atoms with van der Waals surface area (Å²) in [5.74, 6) is 0.365. The standard InChI is InChI=1S/C15H17ClN2OS/c1-3-13-9-17-15(20-13)10(2)18-14(19)12-6-4-11(8-16)5-7-12/h4-7,9-10H,3,8H2,1-2H3,(H,18,19). The zero-order chi connectivity index (χ0) is 14.5. The van der Waals surface area contributed by atoms with E-state index in [1.165, 1.54) is 4.88 Å². The monoisotopic (exact) mass is 308 g/mol. The molecule has 0 bridgehead atoms. The Bertz CT molecular complexity index is 580. The van der Waals surface area contributed by atoms with Gasteiger partial charge in [0, 0.05) is 22.5 Å². The van der Waals surface area contributed by atoms with Crippen molar-refractivity contribution < 1.29 is 4.79 Å². The molecule has 3 nitrogen and oxygen atoms in total. The van der Waals surface area contributed by atoms with Crippen molar-refractivity contribution in [1.82, 2.24) is 10.3 Å². The normalized spacial score (nSPS) is 12.2. The van der Waals surface area contributed by atoms with Crippen LogP contribution in [0.15, 0.2) is 30.5 Å². The molecule has 2 rings (SSSR count). The van der Waals surface area contributed by atoms with E-state index in [0.29, 0.717) is 11.4 Å². The van der Waals surface area contributed by atoms with Crippen LogP contribution in [0.4, 0.5) is 0 Å². The van der Waals surface area contributed by atoms with E-state index in [2.05, 4.69) is 17.2 Å². The average molecular weight is 309 g/mol. The second-order valence-electron chi connectivity index (χ2n) is 4.54. The molecule has 0 aliphatic rings. The Morgan fingerprint density at radius 2 is 2.10 bits per heavy atom. The van der Waals surface area contributed by atoms with E-state index in [4.69, 9.17) is 11.6 Å². The molecule has 1 atom stereocenters. The smallest absolute Gasteiger partial charge is 0.251 e. The Morgan fingerprint density at radius 1 is 1.40 bits per heavy atom. The van der Waals surface area contributed by atoms with Gasteiger partial charge in [-0.05, 0) is 31.0 Å². The first-order valence-corrected chi connectivity index (χ1v) is 7.89. The van der Waals surface area contributed by atoms with Gasteiger partial charge in [0.2, 0.25) is 0 Å². The van der Waals surface area contributed by atoms with Crippen LogP contribution in [-0.4, -0.2) is 10.9 Å². The number of hydrogen-bond donors (Lipinski definition) is 1. The van der Waals surface area contributed by atoms with E-state index in [-0.39, 0.29) is 11.9 Å². The molecule has 20 heavy (non-hydrogen) atoms. The maximum Gasteiger partial charge on any atom is 0.251 e. The minimum Gasteiger partial charge on any atom is -0.343 e. The number of nitrogens with zero attached hydrogens (tertiary/aromatic N) is 1. The second kappa shape index (κ2) is 6.86. The number of carbonyl (C=O) groups is 1. The van der Waals surface area contributed by atoms with Crippen molar-refractivity contribution in [2.24, 2.45) is 0 Å². The molecule has 0 fully saturated rings. The minimum atomic E-state index is -0.0909. The van der Waals surface area contributed by atoms with Crippen molar-refractivity contribution in [1.29, 1.82) is 0 Å². The molecular weight excluding hydrogens is 292 g/mol. The highest BCUT2D eigenvalue weighted by molar-refractivity contribution is 7.11. The molecule has 0 saturated carbocycles. The van der Waals surface area contributed by atoms with Gasteiger partial charge < -0.3 is 5.32 Å². The van der Waals surface area contributed by atoms with Crippen LogP contribution in [0.5, 0.6) is 0 Å². The minimum absolute atomic E-state index is 0.0829. The fraction of sp³-hybridized carbons (Fsp3) is 0.333. The first kappa shape index (κ1) is 15.0. The lowest BCUT2D eigenvalue weighted by molar-refractivity contribution is 0.0940. The lowest BCUT2D eigenvalue weighted by Crippen LogP contribution is -2.26. The highest BCUT2D eigenvalue weighted by Gasteiger charge is 2.14. The fourth-order valence-electron chi connectivity index (χ4n) is 1.77. The zero-order valence-electron chi connectivity index (χ0n) is 11.5. The van der Waals surface area contributed by atoms with Gasteiger partial charge >= 0.3 is 0 Å². The van der Waals surface area contributed by atoms with Gasteiger partial charge in [-0.15, -0.1) is 22.9 Å². The van der Waals surface area contributed by atoms with E-state index < -0.39 is 0 Å². The molecular formula is C15H17ClN2OS. The molecule has 0 radical (unpaired) electrons. The van der Waals surface area contributed by atoms with Crippen molar-refractivity contribution in [3.8, 4) is 0 Å². The molecule has 1 amide bonds. The van der Waals surface area contributed by atoms with Crippen molar-refractivity contribution in [3.63, 3.8) is 0 Å². The largest absolute Gasteiger partial charge is 0.343 e. The van der Waals surface area contributed by atoms with Crippen LogP contribution in [0.25, 0.3) is 0 Å². The first-order valence-electron chi connectivity index (χ1n) is 6.54. The van der Waals surface area contributed by atoms with Gasteiger partial charge in [0.05, 0.1) is 6.04 Å². The topological polar surface area (TPSA) is 42.0 Å². The van der Waals surface area contributed by atoms with Crippen LogP contribution in [0.1, 0.15) is 45.7 Å². The predicted molar refractivity (Wildman–Crippen MR) is 83.4 cm³/mol. The van der Waals surface area contributed by atoms with Gasteiger partial charge in [-0.2, -0.15) is 0 Å². The number of alkyl halides is 1. The molecule has 1 unspecified atom stereocenters. The maximum absolute atomic E-state index is 12.1. The van der Waals surface area contributed by atoms with Gasteiger partial charge in [-0.3, -0.25) is 4.79 Å². The molecule has 0 spiro atoms. The number of halogens is 1. The van der Waals surface area contributed by atoms with E-state index >= 15 is 0 Å². The van der Waals surface area contributed by atoms with Crippen LogP contribution in [-0.2, 0) is 12.3 Å². The first-order chi connectivity index (χ1) is 9.63. The highest BCUT2D eigenvalue weighted by atomic mass is 35.5. The number of aromatic nitrogens is 1. The summed E-state index contributed by atoms with van der Waals surface area (Å²) in [6, 6.07) is 7.23. The van der Waals surface area contributed by atoms with E-state index in [1.54, 1.807) is 23.5 Å². The number of aryl methyl sites for hydroxylation is 1. The van der Waals surface area contributed by atoms with Crippen LogP contribution in [0.2, 0.25) is 0 Å². The lowest BCUT2D eigenvalue weighted by Gasteiger charge is -2.11. The lowest BCUT2D eigenvalue weighted by atomic mass is 10.1. The molecule has 106 valence electrons. The van der Waals surface area contributed by atoms with Crippen molar-refractivity contribution >= 4 is 28.8 Å². The molecule has 1 N–H and O–H groups in total. The van der Waals surface area contributed by atoms with Crippen LogP contribution >= 0.6 is 22.9 Å². The summed E-state index contributed by atoms with van der Waals surface area (Å²) in [5.41, 5.74) is 1.64. The van der Waals surface area contributed by atoms with Gasteiger partial charge in [0.1, 0.15) is 5.01 Å². The summed E-state index contributed by atoms with van der Waals surface area (Å²) in [7, 11) is 0. The number of rotatable bonds is 5. The summed E-state index contributed by atoms with van der Waals surface area (Å²) < 4.78 is 0. The van der Waals surface area contributed by atoms with Crippen molar-refractivity contribution in [3.05, 3.63) is 51.5 Å². The Kier molecular flexibility index (Phi) is 5.15. The third-order valence-corrected chi connectivity index (χ3v) is 4.64. The number of hydrogen-bond acceptors (Lipinski definition) is 3. The third-order valence-electron chi connectivity index (χ3n) is 3.01. The Balaban J connectivity index is 2.02. The Hall–Kier alpha value is -1.39. The quantitative estimate of drug-likeness (QED) is 0.850.